The van der Waals surface area contributed by atoms with Crippen molar-refractivity contribution in [2.45, 2.75) is 32.7 Å². The molecule has 0 saturated carbocycles. The largest absolute Gasteiger partial charge is 0.383 e. The van der Waals surface area contributed by atoms with Gasteiger partial charge >= 0.3 is 0 Å². The summed E-state index contributed by atoms with van der Waals surface area (Å²) in [6, 6.07) is 0. The van der Waals surface area contributed by atoms with Gasteiger partial charge in [0.15, 0.2) is 0 Å². The van der Waals surface area contributed by atoms with E-state index in [4.69, 9.17) is 11.3 Å². The molecule has 4 nitrogen and oxygen atoms in total. The van der Waals surface area contributed by atoms with Crippen molar-refractivity contribution in [3.63, 3.8) is 0 Å². The van der Waals surface area contributed by atoms with E-state index in [1.165, 1.54) is 0 Å². The lowest BCUT2D eigenvalue weighted by atomic mass is 9.89. The number of hydrogen-bond acceptors (Lipinski definition) is 2. The Kier molecular flexibility index (Phi) is 3.48. The van der Waals surface area contributed by atoms with E-state index >= 15 is 0 Å². The molecule has 0 bridgehead atoms. The van der Waals surface area contributed by atoms with Crippen molar-refractivity contribution in [3.8, 4) is 0 Å². The lowest BCUT2D eigenvalue weighted by Gasteiger charge is -2.16. The first kappa shape index (κ1) is 11.7. The van der Waals surface area contributed by atoms with E-state index in [1.807, 2.05) is 6.20 Å². The van der Waals surface area contributed by atoms with Gasteiger partial charge in [-0.3, -0.25) is 0 Å². The highest BCUT2D eigenvalue weighted by atomic mass is 16.5. The van der Waals surface area contributed by atoms with Gasteiger partial charge in [0.1, 0.15) is 0 Å². The number of aromatic nitrogens is 2. The molecule has 0 saturated heterocycles. The van der Waals surface area contributed by atoms with Crippen LogP contribution >= 0.6 is 0 Å². The Hall–Kier alpha value is -1.34. The van der Waals surface area contributed by atoms with Crippen LogP contribution < -0.4 is 0 Å². The molecule has 0 spiro atoms. The van der Waals surface area contributed by atoms with E-state index in [0.717, 1.165) is 5.56 Å². The summed E-state index contributed by atoms with van der Waals surface area (Å²) >= 11 is 0. The van der Waals surface area contributed by atoms with Gasteiger partial charge in [-0.1, -0.05) is 27.3 Å². The highest BCUT2D eigenvalue weighted by Gasteiger charge is 2.22. The van der Waals surface area contributed by atoms with Crippen LogP contribution in [0.25, 0.3) is 4.85 Å². The molecule has 0 amide bonds. The number of ether oxygens (including phenoxy) is 1. The monoisotopic (exact) mass is 207 g/mol. The summed E-state index contributed by atoms with van der Waals surface area (Å²) in [4.78, 5) is 3.44. The van der Waals surface area contributed by atoms with Crippen LogP contribution in [0.2, 0.25) is 0 Å². The minimum Gasteiger partial charge on any atom is -0.383 e. The van der Waals surface area contributed by atoms with E-state index < -0.39 is 0 Å². The predicted octanol–water partition coefficient (Wildman–Crippen LogP) is 2.38. The lowest BCUT2D eigenvalue weighted by Crippen LogP contribution is -2.10. The molecule has 1 rings (SSSR count). The maximum absolute atomic E-state index is 7.07. The van der Waals surface area contributed by atoms with Crippen LogP contribution in [-0.4, -0.2) is 23.5 Å². The van der Waals surface area contributed by atoms with E-state index in [-0.39, 0.29) is 5.41 Å². The van der Waals surface area contributed by atoms with Crippen molar-refractivity contribution in [3.05, 3.63) is 23.2 Å². The Morgan fingerprint density at radius 1 is 1.53 bits per heavy atom. The first-order valence-electron chi connectivity index (χ1n) is 4.93. The van der Waals surface area contributed by atoms with Gasteiger partial charge in [-0.15, -0.1) is 0 Å². The zero-order valence-electron chi connectivity index (χ0n) is 9.74. The third kappa shape index (κ3) is 2.80. The van der Waals surface area contributed by atoms with Crippen LogP contribution in [-0.2, 0) is 16.7 Å². The molecular weight excluding hydrogens is 190 g/mol. The number of rotatable bonds is 3. The van der Waals surface area contributed by atoms with E-state index in [0.29, 0.717) is 19.0 Å². The first-order valence-corrected chi connectivity index (χ1v) is 4.93. The molecule has 1 aromatic heterocycles. The molecule has 0 fully saturated rings. The summed E-state index contributed by atoms with van der Waals surface area (Å²) in [6.07, 6.45) is 1.94. The van der Waals surface area contributed by atoms with Crippen molar-refractivity contribution >= 4 is 5.82 Å². The highest BCUT2D eigenvalue weighted by molar-refractivity contribution is 5.47. The van der Waals surface area contributed by atoms with Gasteiger partial charge in [0.05, 0.1) is 13.2 Å². The summed E-state index contributed by atoms with van der Waals surface area (Å²) in [7, 11) is 1.66. The smallest absolute Gasteiger partial charge is 0.299 e. The molecule has 0 aliphatic carbocycles. The summed E-state index contributed by atoms with van der Waals surface area (Å²) in [5.74, 6) is 0.499. The zero-order chi connectivity index (χ0) is 11.5. The summed E-state index contributed by atoms with van der Waals surface area (Å²) in [5.41, 5.74) is 0.958. The topological polar surface area (TPSA) is 31.4 Å². The van der Waals surface area contributed by atoms with Gasteiger partial charge in [-0.25, -0.2) is 0 Å². The normalized spacial score (nSPS) is 11.4. The van der Waals surface area contributed by atoms with E-state index in [9.17, 15) is 0 Å². The minimum atomic E-state index is -0.0365. The molecule has 4 heteroatoms. The molecule has 0 unspecified atom stereocenters. The molecule has 0 radical (unpaired) electrons. The second kappa shape index (κ2) is 4.45. The van der Waals surface area contributed by atoms with Crippen LogP contribution in [0.1, 0.15) is 26.3 Å². The second-order valence-corrected chi connectivity index (χ2v) is 4.48. The van der Waals surface area contributed by atoms with Crippen LogP contribution in [0, 0.1) is 6.57 Å². The Morgan fingerprint density at radius 2 is 2.20 bits per heavy atom. The SMILES string of the molecule is [C-]#[N+]c1nn(CCOC)cc1C(C)(C)C. The van der Waals surface area contributed by atoms with Gasteiger partial charge in [-0.2, -0.15) is 4.68 Å². The average Bonchev–Trinajstić information content (AvgIpc) is 2.57. The predicted molar refractivity (Wildman–Crippen MR) is 59.1 cm³/mol. The molecular formula is C11H17N3O. The Morgan fingerprint density at radius 3 is 2.60 bits per heavy atom. The van der Waals surface area contributed by atoms with Crippen LogP contribution in [0.15, 0.2) is 6.20 Å². The lowest BCUT2D eigenvalue weighted by molar-refractivity contribution is 0.183. The van der Waals surface area contributed by atoms with E-state index in [2.05, 4.69) is 30.7 Å². The number of nitrogens with zero attached hydrogens (tertiary/aromatic N) is 3. The summed E-state index contributed by atoms with van der Waals surface area (Å²) < 4.78 is 6.75. The van der Waals surface area contributed by atoms with Crippen LogP contribution in [0.4, 0.5) is 5.82 Å². The summed E-state index contributed by atoms with van der Waals surface area (Å²) in [6.45, 7) is 14.6. The maximum atomic E-state index is 7.07. The van der Waals surface area contributed by atoms with Gasteiger partial charge in [0.2, 0.25) is 0 Å². The molecule has 15 heavy (non-hydrogen) atoms. The number of hydrogen-bond donors (Lipinski definition) is 0. The highest BCUT2D eigenvalue weighted by Crippen LogP contribution is 2.30. The van der Waals surface area contributed by atoms with Crippen LogP contribution in [0.3, 0.4) is 0 Å². The first-order chi connectivity index (χ1) is 6.99. The Bertz CT molecular complexity index is 368. The molecule has 0 aromatic carbocycles. The quantitative estimate of drug-likeness (QED) is 0.712. The van der Waals surface area contributed by atoms with Gasteiger partial charge < -0.3 is 9.58 Å². The average molecular weight is 207 g/mol. The van der Waals surface area contributed by atoms with Gasteiger partial charge in [-0.05, 0) is 10.5 Å². The minimum absolute atomic E-state index is 0.0365. The second-order valence-electron chi connectivity index (χ2n) is 4.48. The van der Waals surface area contributed by atoms with Gasteiger partial charge in [0.25, 0.3) is 5.82 Å². The van der Waals surface area contributed by atoms with Crippen molar-refractivity contribution in [2.75, 3.05) is 13.7 Å². The third-order valence-electron chi connectivity index (χ3n) is 2.18. The van der Waals surface area contributed by atoms with Gasteiger partial charge in [0, 0.05) is 18.9 Å². The standard InChI is InChI=1S/C11H17N3O/c1-11(2,3)9-8-14(6-7-15-5)13-10(9)12-4/h8H,6-7H2,1-3,5H3. The molecule has 1 aromatic rings. The van der Waals surface area contributed by atoms with Crippen molar-refractivity contribution in [2.24, 2.45) is 0 Å². The molecule has 82 valence electrons. The molecule has 0 aliphatic rings. The molecule has 1 heterocycles. The van der Waals surface area contributed by atoms with E-state index in [1.54, 1.807) is 11.8 Å². The maximum Gasteiger partial charge on any atom is 0.299 e. The zero-order valence-corrected chi connectivity index (χ0v) is 9.74. The Labute approximate surface area is 90.7 Å². The molecule has 0 aliphatic heterocycles. The fraction of sp³-hybridized carbons (Fsp3) is 0.636. The van der Waals surface area contributed by atoms with Crippen LogP contribution in [0.5, 0.6) is 0 Å². The molecule has 0 N–H and O–H groups in total. The fourth-order valence-electron chi connectivity index (χ4n) is 1.32. The van der Waals surface area contributed by atoms with Crippen molar-refractivity contribution in [1.82, 2.24) is 9.78 Å². The fourth-order valence-corrected chi connectivity index (χ4v) is 1.32. The third-order valence-corrected chi connectivity index (χ3v) is 2.18. The molecule has 0 atom stereocenters. The summed E-state index contributed by atoms with van der Waals surface area (Å²) in [5, 5.41) is 4.22. The van der Waals surface area contributed by atoms with Crippen molar-refractivity contribution in [1.29, 1.82) is 0 Å². The van der Waals surface area contributed by atoms with Crippen molar-refractivity contribution < 1.29 is 4.74 Å². The number of methoxy groups -OCH3 is 1. The Balaban J connectivity index is 2.97.